The summed E-state index contributed by atoms with van der Waals surface area (Å²) in [5, 5.41) is 9.82. The molecule has 1 fully saturated rings. The molecule has 0 aliphatic carbocycles. The molecule has 2 aromatic carbocycles. The Morgan fingerprint density at radius 2 is 2.04 bits per heavy atom. The molecule has 0 bridgehead atoms. The normalized spacial score (nSPS) is 18.1. The highest BCUT2D eigenvalue weighted by Crippen LogP contribution is 2.28. The predicted molar refractivity (Wildman–Crippen MR) is 100 cm³/mol. The Morgan fingerprint density at radius 3 is 2.68 bits per heavy atom. The Kier molecular flexibility index (Phi) is 6.19. The van der Waals surface area contributed by atoms with Gasteiger partial charge in [0.15, 0.2) is 5.79 Å². The van der Waals surface area contributed by atoms with Crippen molar-refractivity contribution in [1.29, 1.82) is 5.26 Å². The van der Waals surface area contributed by atoms with Gasteiger partial charge in [0.1, 0.15) is 23.5 Å². The summed E-state index contributed by atoms with van der Waals surface area (Å²) in [4.78, 5) is 0. The highest BCUT2D eigenvalue weighted by Gasteiger charge is 2.32. The van der Waals surface area contributed by atoms with Crippen molar-refractivity contribution in [2.24, 2.45) is 0 Å². The zero-order valence-electron chi connectivity index (χ0n) is 15.6. The molecule has 28 heavy (non-hydrogen) atoms. The van der Waals surface area contributed by atoms with Gasteiger partial charge in [-0.3, -0.25) is 0 Å². The van der Waals surface area contributed by atoms with Crippen molar-refractivity contribution >= 4 is 11.6 Å². The summed E-state index contributed by atoms with van der Waals surface area (Å²) in [7, 11) is 0. The molecule has 0 radical (unpaired) electrons. The van der Waals surface area contributed by atoms with E-state index in [0.717, 1.165) is 6.07 Å². The number of ether oxygens (including phenoxy) is 3. The van der Waals surface area contributed by atoms with Crippen LogP contribution < -0.4 is 4.74 Å². The molecule has 0 unspecified atom stereocenters. The van der Waals surface area contributed by atoms with Gasteiger partial charge in [0.2, 0.25) is 0 Å². The number of rotatable bonds is 6. The fraction of sp³-hybridized carbons (Fsp3) is 0.381. The number of benzene rings is 2. The smallest absolute Gasteiger partial charge is 0.163 e. The first-order chi connectivity index (χ1) is 13.3. The SMILES string of the molecule is CC1(C)OC[C@@H](CCOc2cc(F)cc(Cc3ccc(Cl)cc3F)c2C#N)O1. The van der Waals surface area contributed by atoms with E-state index in [2.05, 4.69) is 0 Å². The molecule has 1 saturated heterocycles. The fourth-order valence-electron chi connectivity index (χ4n) is 3.09. The maximum absolute atomic E-state index is 14.1. The van der Waals surface area contributed by atoms with Gasteiger partial charge in [-0.25, -0.2) is 8.78 Å². The number of hydrogen-bond acceptors (Lipinski definition) is 4. The molecule has 1 heterocycles. The molecule has 148 valence electrons. The number of halogens is 3. The van der Waals surface area contributed by atoms with Crippen LogP contribution in [0.15, 0.2) is 30.3 Å². The maximum atomic E-state index is 14.1. The molecular weight excluding hydrogens is 388 g/mol. The zero-order valence-corrected chi connectivity index (χ0v) is 16.4. The predicted octanol–water partition coefficient (Wildman–Crippen LogP) is 5.00. The van der Waals surface area contributed by atoms with Crippen molar-refractivity contribution in [3.05, 3.63) is 63.7 Å². The summed E-state index contributed by atoms with van der Waals surface area (Å²) in [6, 6.07) is 8.67. The van der Waals surface area contributed by atoms with E-state index in [4.69, 9.17) is 25.8 Å². The molecule has 4 nitrogen and oxygen atoms in total. The van der Waals surface area contributed by atoms with Crippen LogP contribution in [-0.2, 0) is 15.9 Å². The molecule has 1 aliphatic heterocycles. The lowest BCUT2D eigenvalue weighted by Crippen LogP contribution is -2.22. The van der Waals surface area contributed by atoms with Gasteiger partial charge in [-0.15, -0.1) is 0 Å². The van der Waals surface area contributed by atoms with Crippen LogP contribution in [0.5, 0.6) is 5.75 Å². The Morgan fingerprint density at radius 1 is 1.25 bits per heavy atom. The molecule has 0 saturated carbocycles. The van der Waals surface area contributed by atoms with E-state index in [1.165, 1.54) is 18.2 Å². The molecule has 1 aliphatic rings. The van der Waals surface area contributed by atoms with Crippen molar-refractivity contribution in [1.82, 2.24) is 0 Å². The van der Waals surface area contributed by atoms with Crippen molar-refractivity contribution in [3.8, 4) is 11.8 Å². The number of nitrogens with zero attached hydrogens (tertiary/aromatic N) is 1. The molecule has 0 amide bonds. The Bertz CT molecular complexity index is 911. The van der Waals surface area contributed by atoms with Crippen LogP contribution in [0, 0.1) is 23.0 Å². The van der Waals surface area contributed by atoms with E-state index in [9.17, 15) is 14.0 Å². The van der Waals surface area contributed by atoms with Crippen LogP contribution in [0.1, 0.15) is 37.0 Å². The summed E-state index contributed by atoms with van der Waals surface area (Å²) in [6.07, 6.45) is 0.455. The third-order valence-electron chi connectivity index (χ3n) is 4.42. The lowest BCUT2D eigenvalue weighted by Gasteiger charge is -2.17. The van der Waals surface area contributed by atoms with Crippen LogP contribution in [-0.4, -0.2) is 25.1 Å². The van der Waals surface area contributed by atoms with Crippen molar-refractivity contribution in [2.75, 3.05) is 13.2 Å². The summed E-state index contributed by atoms with van der Waals surface area (Å²) in [5.74, 6) is -1.56. The lowest BCUT2D eigenvalue weighted by atomic mass is 9.99. The molecule has 0 N–H and O–H groups in total. The largest absolute Gasteiger partial charge is 0.492 e. The van der Waals surface area contributed by atoms with Crippen LogP contribution >= 0.6 is 11.6 Å². The second kappa shape index (κ2) is 8.44. The Balaban J connectivity index is 1.74. The molecule has 3 rings (SSSR count). The maximum Gasteiger partial charge on any atom is 0.163 e. The minimum atomic E-state index is -0.628. The number of hydrogen-bond donors (Lipinski definition) is 0. The average molecular weight is 408 g/mol. The lowest BCUT2D eigenvalue weighted by molar-refractivity contribution is -0.139. The Labute approximate surface area is 167 Å². The average Bonchev–Trinajstić information content (AvgIpc) is 2.96. The van der Waals surface area contributed by atoms with E-state index in [1.807, 2.05) is 19.9 Å². The van der Waals surface area contributed by atoms with E-state index >= 15 is 0 Å². The second-order valence-corrected chi connectivity index (χ2v) is 7.49. The van der Waals surface area contributed by atoms with Gasteiger partial charge in [-0.05, 0) is 43.2 Å². The minimum absolute atomic E-state index is 0.0494. The van der Waals surface area contributed by atoms with Crippen molar-refractivity contribution < 1.29 is 23.0 Å². The Hall–Kier alpha value is -2.20. The van der Waals surface area contributed by atoms with Gasteiger partial charge in [0.05, 0.1) is 24.9 Å². The van der Waals surface area contributed by atoms with Crippen LogP contribution in [0.3, 0.4) is 0 Å². The van der Waals surface area contributed by atoms with Crippen LogP contribution in [0.2, 0.25) is 5.02 Å². The second-order valence-electron chi connectivity index (χ2n) is 7.05. The monoisotopic (exact) mass is 407 g/mol. The van der Waals surface area contributed by atoms with Gasteiger partial charge < -0.3 is 14.2 Å². The molecule has 0 spiro atoms. The molecule has 2 aromatic rings. The first kappa shape index (κ1) is 20.5. The van der Waals surface area contributed by atoms with Crippen molar-refractivity contribution in [3.63, 3.8) is 0 Å². The fourth-order valence-corrected chi connectivity index (χ4v) is 3.25. The topological polar surface area (TPSA) is 51.5 Å². The highest BCUT2D eigenvalue weighted by atomic mass is 35.5. The molecular formula is C21H20ClF2NO3. The standard InChI is InChI=1S/C21H20ClF2NO3/c1-21(2)27-12-17(28-21)5-6-26-20-10-16(23)8-14(18(20)11-25)7-13-3-4-15(22)9-19(13)24/h3-4,8-10,17H,5-7,12H2,1-2H3/t17-/m1/s1. The molecule has 1 atom stereocenters. The van der Waals surface area contributed by atoms with Gasteiger partial charge in [-0.2, -0.15) is 5.26 Å². The van der Waals surface area contributed by atoms with E-state index < -0.39 is 17.4 Å². The quantitative estimate of drug-likeness (QED) is 0.676. The third-order valence-corrected chi connectivity index (χ3v) is 4.66. The summed E-state index contributed by atoms with van der Waals surface area (Å²) in [5.41, 5.74) is 0.844. The summed E-state index contributed by atoms with van der Waals surface area (Å²) >= 11 is 5.77. The molecule has 0 aromatic heterocycles. The molecule has 7 heteroatoms. The number of nitriles is 1. The van der Waals surface area contributed by atoms with Crippen LogP contribution in [0.25, 0.3) is 0 Å². The van der Waals surface area contributed by atoms with E-state index in [0.29, 0.717) is 24.2 Å². The summed E-state index contributed by atoms with van der Waals surface area (Å²) < 4.78 is 45.0. The van der Waals surface area contributed by atoms with Crippen LogP contribution in [0.4, 0.5) is 8.78 Å². The van der Waals surface area contributed by atoms with Gasteiger partial charge in [-0.1, -0.05) is 17.7 Å². The minimum Gasteiger partial charge on any atom is -0.492 e. The van der Waals surface area contributed by atoms with Crippen molar-refractivity contribution in [2.45, 2.75) is 38.6 Å². The highest BCUT2D eigenvalue weighted by molar-refractivity contribution is 6.30. The van der Waals surface area contributed by atoms with E-state index in [-0.39, 0.29) is 35.5 Å². The van der Waals surface area contributed by atoms with Gasteiger partial charge in [0.25, 0.3) is 0 Å². The van der Waals surface area contributed by atoms with E-state index in [1.54, 1.807) is 6.07 Å². The first-order valence-corrected chi connectivity index (χ1v) is 9.26. The third kappa shape index (κ3) is 4.99. The van der Waals surface area contributed by atoms with Gasteiger partial charge >= 0.3 is 0 Å². The summed E-state index contributed by atoms with van der Waals surface area (Å²) in [6.45, 7) is 4.34. The van der Waals surface area contributed by atoms with Gasteiger partial charge in [0, 0.05) is 23.9 Å². The first-order valence-electron chi connectivity index (χ1n) is 8.88. The zero-order chi connectivity index (χ0) is 20.3.